The van der Waals surface area contributed by atoms with Crippen LogP contribution in [-0.2, 0) is 6.42 Å². The first-order valence-corrected chi connectivity index (χ1v) is 8.03. The van der Waals surface area contributed by atoms with Crippen molar-refractivity contribution >= 4 is 0 Å². The average molecular weight is 274 g/mol. The molecule has 2 rings (SSSR count). The summed E-state index contributed by atoms with van der Waals surface area (Å²) < 4.78 is 0. The van der Waals surface area contributed by atoms with Crippen LogP contribution in [0.3, 0.4) is 0 Å². The van der Waals surface area contributed by atoms with Gasteiger partial charge in [-0.1, -0.05) is 38.1 Å². The van der Waals surface area contributed by atoms with Crippen LogP contribution in [0.1, 0.15) is 50.8 Å². The maximum absolute atomic E-state index is 5.97. The topological polar surface area (TPSA) is 29.3 Å². The maximum atomic E-state index is 5.97. The molecule has 112 valence electrons. The van der Waals surface area contributed by atoms with Gasteiger partial charge in [-0.05, 0) is 56.2 Å². The van der Waals surface area contributed by atoms with E-state index in [0.29, 0.717) is 12.1 Å². The molecule has 1 aromatic rings. The van der Waals surface area contributed by atoms with Gasteiger partial charge < -0.3 is 5.73 Å². The molecule has 1 aromatic carbocycles. The van der Waals surface area contributed by atoms with Crippen LogP contribution in [0, 0.1) is 11.8 Å². The molecule has 1 aliphatic carbocycles. The van der Waals surface area contributed by atoms with Gasteiger partial charge in [-0.15, -0.1) is 0 Å². The number of rotatable bonds is 7. The number of likely N-dealkylation sites (N-methyl/N-ethyl adjacent to an activating group) is 1. The zero-order valence-corrected chi connectivity index (χ0v) is 13.5. The molecule has 2 N–H and O–H groups in total. The standard InChI is InChI=1S/C18H30N2/c1-13(2)11-15-5-7-16(8-6-15)14(3)20(4)18(12-19)17-9-10-17/h5-8,13-14,17-18H,9-12,19H2,1-4H3. The molecule has 0 heterocycles. The molecular weight excluding hydrogens is 244 g/mol. The lowest BCUT2D eigenvalue weighted by Crippen LogP contribution is -2.41. The molecular formula is C18H30N2. The Bertz CT molecular complexity index is 406. The summed E-state index contributed by atoms with van der Waals surface area (Å²) in [6.45, 7) is 7.61. The molecule has 0 bridgehead atoms. The Balaban J connectivity index is 2.02. The van der Waals surface area contributed by atoms with E-state index in [0.717, 1.165) is 24.8 Å². The van der Waals surface area contributed by atoms with Crippen molar-refractivity contribution < 1.29 is 0 Å². The predicted molar refractivity (Wildman–Crippen MR) is 86.7 cm³/mol. The van der Waals surface area contributed by atoms with Crippen LogP contribution >= 0.6 is 0 Å². The third kappa shape index (κ3) is 3.83. The van der Waals surface area contributed by atoms with Gasteiger partial charge in [-0.3, -0.25) is 4.90 Å². The largest absolute Gasteiger partial charge is 0.329 e. The van der Waals surface area contributed by atoms with Gasteiger partial charge in [0.25, 0.3) is 0 Å². The molecule has 2 unspecified atom stereocenters. The van der Waals surface area contributed by atoms with Gasteiger partial charge >= 0.3 is 0 Å². The molecule has 1 aliphatic rings. The molecule has 2 heteroatoms. The van der Waals surface area contributed by atoms with Gasteiger partial charge in [0, 0.05) is 18.6 Å². The third-order valence-corrected chi connectivity index (χ3v) is 4.65. The highest BCUT2D eigenvalue weighted by atomic mass is 15.2. The fourth-order valence-corrected chi connectivity index (χ4v) is 3.10. The van der Waals surface area contributed by atoms with Crippen molar-refractivity contribution in [2.24, 2.45) is 17.6 Å². The van der Waals surface area contributed by atoms with Gasteiger partial charge in [0.1, 0.15) is 0 Å². The molecule has 0 saturated heterocycles. The molecule has 0 spiro atoms. The molecule has 1 fully saturated rings. The van der Waals surface area contributed by atoms with E-state index < -0.39 is 0 Å². The second-order valence-electron chi connectivity index (χ2n) is 6.82. The first-order chi connectivity index (χ1) is 9.52. The van der Waals surface area contributed by atoms with E-state index >= 15 is 0 Å². The van der Waals surface area contributed by atoms with Crippen LogP contribution in [-0.4, -0.2) is 24.5 Å². The predicted octanol–water partition coefficient (Wildman–Crippen LogP) is 3.62. The molecule has 2 atom stereocenters. The first kappa shape index (κ1) is 15.5. The molecule has 1 saturated carbocycles. The van der Waals surface area contributed by atoms with Gasteiger partial charge in [-0.25, -0.2) is 0 Å². The van der Waals surface area contributed by atoms with Crippen LogP contribution in [0.25, 0.3) is 0 Å². The van der Waals surface area contributed by atoms with E-state index in [1.54, 1.807) is 0 Å². The smallest absolute Gasteiger partial charge is 0.0320 e. The molecule has 2 nitrogen and oxygen atoms in total. The lowest BCUT2D eigenvalue weighted by Gasteiger charge is -2.33. The van der Waals surface area contributed by atoms with Crippen molar-refractivity contribution in [2.45, 2.75) is 52.1 Å². The first-order valence-electron chi connectivity index (χ1n) is 8.03. The minimum atomic E-state index is 0.442. The summed E-state index contributed by atoms with van der Waals surface area (Å²) >= 11 is 0. The highest BCUT2D eigenvalue weighted by molar-refractivity contribution is 5.25. The number of hydrogen-bond donors (Lipinski definition) is 1. The van der Waals surface area contributed by atoms with Crippen LogP contribution in [0.15, 0.2) is 24.3 Å². The van der Waals surface area contributed by atoms with E-state index in [-0.39, 0.29) is 0 Å². The molecule has 0 aromatic heterocycles. The van der Waals surface area contributed by atoms with Gasteiger partial charge in [0.2, 0.25) is 0 Å². The maximum Gasteiger partial charge on any atom is 0.0320 e. The monoisotopic (exact) mass is 274 g/mol. The normalized spacial score (nSPS) is 18.6. The summed E-state index contributed by atoms with van der Waals surface area (Å²) in [4.78, 5) is 2.47. The molecule has 20 heavy (non-hydrogen) atoms. The molecule has 0 radical (unpaired) electrons. The Morgan fingerprint density at radius 3 is 2.20 bits per heavy atom. The number of nitrogens with zero attached hydrogens (tertiary/aromatic N) is 1. The van der Waals surface area contributed by atoms with Crippen LogP contribution in [0.5, 0.6) is 0 Å². The summed E-state index contributed by atoms with van der Waals surface area (Å²) in [7, 11) is 2.22. The van der Waals surface area contributed by atoms with Gasteiger partial charge in [0.05, 0.1) is 0 Å². The minimum Gasteiger partial charge on any atom is -0.329 e. The van der Waals surface area contributed by atoms with E-state index in [9.17, 15) is 0 Å². The fraction of sp³-hybridized carbons (Fsp3) is 0.667. The Morgan fingerprint density at radius 1 is 1.15 bits per heavy atom. The van der Waals surface area contributed by atoms with Crippen LogP contribution in [0.4, 0.5) is 0 Å². The summed E-state index contributed by atoms with van der Waals surface area (Å²) in [6, 6.07) is 10.1. The number of hydrogen-bond acceptors (Lipinski definition) is 2. The second kappa shape index (κ2) is 6.73. The van der Waals surface area contributed by atoms with E-state index in [2.05, 4.69) is 57.0 Å². The van der Waals surface area contributed by atoms with Crippen molar-refractivity contribution in [3.63, 3.8) is 0 Å². The van der Waals surface area contributed by atoms with Crippen molar-refractivity contribution in [2.75, 3.05) is 13.6 Å². The minimum absolute atomic E-state index is 0.442. The SMILES string of the molecule is CC(C)Cc1ccc(C(C)N(C)C(CN)C2CC2)cc1. The van der Waals surface area contributed by atoms with Crippen molar-refractivity contribution in [1.82, 2.24) is 4.90 Å². The van der Waals surface area contributed by atoms with E-state index in [4.69, 9.17) is 5.73 Å². The van der Waals surface area contributed by atoms with Crippen molar-refractivity contribution in [3.05, 3.63) is 35.4 Å². The average Bonchev–Trinajstić information content (AvgIpc) is 3.23. The van der Waals surface area contributed by atoms with Gasteiger partial charge in [-0.2, -0.15) is 0 Å². The lowest BCUT2D eigenvalue weighted by molar-refractivity contribution is 0.170. The van der Waals surface area contributed by atoms with E-state index in [1.807, 2.05) is 0 Å². The van der Waals surface area contributed by atoms with Crippen LogP contribution < -0.4 is 5.73 Å². The number of benzene rings is 1. The van der Waals surface area contributed by atoms with E-state index in [1.165, 1.54) is 24.0 Å². The summed E-state index contributed by atoms with van der Waals surface area (Å²) in [5.41, 5.74) is 8.81. The highest BCUT2D eigenvalue weighted by Crippen LogP contribution is 2.37. The summed E-state index contributed by atoms with van der Waals surface area (Å²) in [5.74, 6) is 1.55. The summed E-state index contributed by atoms with van der Waals surface area (Å²) in [6.07, 6.45) is 3.87. The Hall–Kier alpha value is -0.860. The van der Waals surface area contributed by atoms with Crippen LogP contribution in [0.2, 0.25) is 0 Å². The Kier molecular flexibility index (Phi) is 5.22. The zero-order valence-electron chi connectivity index (χ0n) is 13.5. The molecule has 0 aliphatic heterocycles. The van der Waals surface area contributed by atoms with Crippen molar-refractivity contribution in [1.29, 1.82) is 0 Å². The quantitative estimate of drug-likeness (QED) is 0.823. The Morgan fingerprint density at radius 2 is 1.75 bits per heavy atom. The zero-order chi connectivity index (χ0) is 14.7. The van der Waals surface area contributed by atoms with Gasteiger partial charge in [0.15, 0.2) is 0 Å². The Labute approximate surface area is 124 Å². The lowest BCUT2D eigenvalue weighted by atomic mass is 9.98. The second-order valence-corrected chi connectivity index (χ2v) is 6.82. The highest BCUT2D eigenvalue weighted by Gasteiger charge is 2.34. The number of nitrogens with two attached hydrogens (primary N) is 1. The summed E-state index contributed by atoms with van der Waals surface area (Å²) in [5, 5.41) is 0. The van der Waals surface area contributed by atoms with Crippen molar-refractivity contribution in [3.8, 4) is 0 Å². The molecule has 0 amide bonds. The third-order valence-electron chi connectivity index (χ3n) is 4.65. The fourth-order valence-electron chi connectivity index (χ4n) is 3.10.